The van der Waals surface area contributed by atoms with Gasteiger partial charge in [0.25, 0.3) is 0 Å². The first-order valence-corrected chi connectivity index (χ1v) is 6.85. The van der Waals surface area contributed by atoms with Gasteiger partial charge in [0.15, 0.2) is 6.29 Å². The summed E-state index contributed by atoms with van der Waals surface area (Å²) in [6, 6.07) is 1.96. The standard InChI is InChI=1S/C15H20N2O2/c1-4-5-12-8-14(13(9-18)16-11(12)3)17-7-6-10(2)15(17)19/h8-10H,4-7H2,1-3H3. The molecule has 1 aromatic heterocycles. The molecule has 0 bridgehead atoms. The van der Waals surface area contributed by atoms with Crippen LogP contribution in [0.25, 0.3) is 0 Å². The molecule has 19 heavy (non-hydrogen) atoms. The van der Waals surface area contributed by atoms with Gasteiger partial charge in [0.1, 0.15) is 5.69 Å². The van der Waals surface area contributed by atoms with Crippen LogP contribution >= 0.6 is 0 Å². The summed E-state index contributed by atoms with van der Waals surface area (Å²) in [4.78, 5) is 29.4. The fraction of sp³-hybridized carbons (Fsp3) is 0.533. The van der Waals surface area contributed by atoms with Crippen molar-refractivity contribution in [3.63, 3.8) is 0 Å². The fourth-order valence-corrected chi connectivity index (χ4v) is 2.54. The second-order valence-corrected chi connectivity index (χ2v) is 5.18. The predicted octanol–water partition coefficient (Wildman–Crippen LogP) is 2.53. The van der Waals surface area contributed by atoms with Crippen LogP contribution in [-0.2, 0) is 11.2 Å². The van der Waals surface area contributed by atoms with Crippen LogP contribution in [0.4, 0.5) is 5.69 Å². The van der Waals surface area contributed by atoms with E-state index in [9.17, 15) is 9.59 Å². The number of carbonyl (C=O) groups excluding carboxylic acids is 2. The topological polar surface area (TPSA) is 50.3 Å². The van der Waals surface area contributed by atoms with Crippen molar-refractivity contribution in [3.05, 3.63) is 23.0 Å². The molecular formula is C15H20N2O2. The van der Waals surface area contributed by atoms with E-state index < -0.39 is 0 Å². The summed E-state index contributed by atoms with van der Waals surface area (Å²) in [5.41, 5.74) is 3.06. The number of carbonyl (C=O) groups is 2. The van der Waals surface area contributed by atoms with Crippen molar-refractivity contribution in [2.75, 3.05) is 11.4 Å². The molecule has 1 fully saturated rings. The van der Waals surface area contributed by atoms with Crippen LogP contribution in [0.2, 0.25) is 0 Å². The zero-order chi connectivity index (χ0) is 14.0. The largest absolute Gasteiger partial charge is 0.310 e. The quantitative estimate of drug-likeness (QED) is 0.782. The molecule has 2 rings (SSSR count). The predicted molar refractivity (Wildman–Crippen MR) is 74.5 cm³/mol. The fourth-order valence-electron chi connectivity index (χ4n) is 2.54. The third-order valence-corrected chi connectivity index (χ3v) is 3.72. The van der Waals surface area contributed by atoms with Gasteiger partial charge in [-0.3, -0.25) is 9.59 Å². The number of nitrogens with zero attached hydrogens (tertiary/aromatic N) is 2. The van der Waals surface area contributed by atoms with Gasteiger partial charge >= 0.3 is 0 Å². The molecule has 1 aliphatic rings. The Kier molecular flexibility index (Phi) is 3.98. The molecule has 0 aromatic carbocycles. The molecule has 2 heterocycles. The first-order chi connectivity index (χ1) is 9.08. The SMILES string of the molecule is CCCc1cc(N2CCC(C)C2=O)c(C=O)nc1C. The lowest BCUT2D eigenvalue weighted by Crippen LogP contribution is -2.28. The highest BCUT2D eigenvalue weighted by Crippen LogP contribution is 2.28. The number of anilines is 1. The van der Waals surface area contributed by atoms with Crippen LogP contribution in [0.3, 0.4) is 0 Å². The van der Waals surface area contributed by atoms with E-state index >= 15 is 0 Å². The Balaban J connectivity index is 2.45. The maximum atomic E-state index is 12.1. The lowest BCUT2D eigenvalue weighted by Gasteiger charge is -2.19. The van der Waals surface area contributed by atoms with Gasteiger partial charge in [0.2, 0.25) is 5.91 Å². The van der Waals surface area contributed by atoms with Crippen molar-refractivity contribution in [2.24, 2.45) is 5.92 Å². The van der Waals surface area contributed by atoms with Crippen LogP contribution in [0, 0.1) is 12.8 Å². The molecular weight excluding hydrogens is 240 g/mol. The highest BCUT2D eigenvalue weighted by atomic mass is 16.2. The van der Waals surface area contributed by atoms with Gasteiger partial charge in [-0.05, 0) is 31.4 Å². The highest BCUT2D eigenvalue weighted by Gasteiger charge is 2.31. The van der Waals surface area contributed by atoms with E-state index in [1.807, 2.05) is 19.9 Å². The second-order valence-electron chi connectivity index (χ2n) is 5.18. The summed E-state index contributed by atoms with van der Waals surface area (Å²) >= 11 is 0. The number of hydrogen-bond donors (Lipinski definition) is 0. The molecule has 4 heteroatoms. The Morgan fingerprint density at radius 3 is 2.79 bits per heavy atom. The van der Waals surface area contributed by atoms with Crippen molar-refractivity contribution in [1.29, 1.82) is 0 Å². The van der Waals surface area contributed by atoms with Crippen LogP contribution in [0.5, 0.6) is 0 Å². The van der Waals surface area contributed by atoms with Crippen LogP contribution < -0.4 is 4.90 Å². The van der Waals surface area contributed by atoms with E-state index in [0.29, 0.717) is 17.9 Å². The molecule has 0 N–H and O–H groups in total. The number of aldehydes is 1. The number of rotatable bonds is 4. The Bertz CT molecular complexity index is 511. The average molecular weight is 260 g/mol. The van der Waals surface area contributed by atoms with E-state index in [1.165, 1.54) is 0 Å². The lowest BCUT2D eigenvalue weighted by atomic mass is 10.1. The maximum absolute atomic E-state index is 12.1. The van der Waals surface area contributed by atoms with Gasteiger partial charge in [-0.25, -0.2) is 4.98 Å². The summed E-state index contributed by atoms with van der Waals surface area (Å²) in [5.74, 6) is 0.131. The Morgan fingerprint density at radius 2 is 2.26 bits per heavy atom. The minimum Gasteiger partial charge on any atom is -0.310 e. The summed E-state index contributed by atoms with van der Waals surface area (Å²) < 4.78 is 0. The maximum Gasteiger partial charge on any atom is 0.229 e. The Labute approximate surface area is 113 Å². The van der Waals surface area contributed by atoms with Crippen molar-refractivity contribution in [1.82, 2.24) is 4.98 Å². The van der Waals surface area contributed by atoms with Gasteiger partial charge in [0.05, 0.1) is 5.69 Å². The molecule has 1 aromatic rings. The molecule has 4 nitrogen and oxygen atoms in total. The minimum atomic E-state index is 0.0374. The number of pyridine rings is 1. The van der Waals surface area contributed by atoms with Crippen LogP contribution in [-0.4, -0.2) is 23.7 Å². The minimum absolute atomic E-state index is 0.0374. The first kappa shape index (κ1) is 13.7. The zero-order valence-corrected chi connectivity index (χ0v) is 11.8. The first-order valence-electron chi connectivity index (χ1n) is 6.85. The summed E-state index contributed by atoms with van der Waals surface area (Å²) in [7, 11) is 0. The molecule has 1 unspecified atom stereocenters. The van der Waals surface area contributed by atoms with E-state index in [-0.39, 0.29) is 11.8 Å². The van der Waals surface area contributed by atoms with Crippen molar-refractivity contribution in [2.45, 2.75) is 40.0 Å². The molecule has 0 spiro atoms. The zero-order valence-electron chi connectivity index (χ0n) is 11.8. The molecule has 1 amide bonds. The summed E-state index contributed by atoms with van der Waals surface area (Å²) in [5, 5.41) is 0. The highest BCUT2D eigenvalue weighted by molar-refractivity contribution is 6.00. The molecule has 1 aliphatic heterocycles. The molecule has 102 valence electrons. The molecule has 0 saturated carbocycles. The monoisotopic (exact) mass is 260 g/mol. The molecule has 1 atom stereocenters. The van der Waals surface area contributed by atoms with E-state index in [4.69, 9.17) is 0 Å². The Morgan fingerprint density at radius 1 is 1.53 bits per heavy atom. The third kappa shape index (κ3) is 2.53. The number of aryl methyl sites for hydroxylation is 2. The summed E-state index contributed by atoms with van der Waals surface area (Å²) in [6.45, 7) is 6.63. The lowest BCUT2D eigenvalue weighted by molar-refractivity contribution is -0.119. The number of amides is 1. The number of hydrogen-bond acceptors (Lipinski definition) is 3. The summed E-state index contributed by atoms with van der Waals surface area (Å²) in [6.07, 6.45) is 3.53. The molecule has 0 radical (unpaired) electrons. The smallest absolute Gasteiger partial charge is 0.229 e. The van der Waals surface area contributed by atoms with Gasteiger partial charge in [0, 0.05) is 18.2 Å². The van der Waals surface area contributed by atoms with Gasteiger partial charge in [-0.1, -0.05) is 20.3 Å². The average Bonchev–Trinajstić information content (AvgIpc) is 2.72. The Hall–Kier alpha value is -1.71. The van der Waals surface area contributed by atoms with Crippen molar-refractivity contribution < 1.29 is 9.59 Å². The van der Waals surface area contributed by atoms with Crippen LogP contribution in [0.15, 0.2) is 6.07 Å². The molecule has 0 aliphatic carbocycles. The van der Waals surface area contributed by atoms with Crippen LogP contribution in [0.1, 0.15) is 48.4 Å². The second kappa shape index (κ2) is 5.51. The normalized spacial score (nSPS) is 19.0. The van der Waals surface area contributed by atoms with E-state index in [0.717, 1.165) is 36.8 Å². The number of aromatic nitrogens is 1. The van der Waals surface area contributed by atoms with E-state index in [1.54, 1.807) is 4.90 Å². The van der Waals surface area contributed by atoms with Crippen molar-refractivity contribution in [3.8, 4) is 0 Å². The van der Waals surface area contributed by atoms with Gasteiger partial charge in [-0.2, -0.15) is 0 Å². The molecule has 1 saturated heterocycles. The van der Waals surface area contributed by atoms with Gasteiger partial charge < -0.3 is 4.90 Å². The van der Waals surface area contributed by atoms with E-state index in [2.05, 4.69) is 11.9 Å². The van der Waals surface area contributed by atoms with Crippen molar-refractivity contribution >= 4 is 17.9 Å². The third-order valence-electron chi connectivity index (χ3n) is 3.72. The van der Waals surface area contributed by atoms with Gasteiger partial charge in [-0.15, -0.1) is 0 Å².